The number of allylic oxidation sites excluding steroid dienone is 2. The largest absolute Gasteiger partial charge is 0.369 e. The second kappa shape index (κ2) is 6.51. The maximum Gasteiger partial charge on any atom is 0.355 e. The van der Waals surface area contributed by atoms with Crippen LogP contribution in [0.4, 0.5) is 0 Å². The van der Waals surface area contributed by atoms with E-state index in [4.69, 9.17) is 5.73 Å². The van der Waals surface area contributed by atoms with Crippen molar-refractivity contribution in [1.82, 2.24) is 4.90 Å². The Bertz CT molecular complexity index is 515. The molecule has 0 aliphatic carbocycles. The number of likely N-dealkylation sites (tertiary alicyclic amines) is 1. The van der Waals surface area contributed by atoms with Crippen LogP contribution in [0.1, 0.15) is 26.7 Å². The molecule has 2 aliphatic heterocycles. The van der Waals surface area contributed by atoms with E-state index in [2.05, 4.69) is 14.0 Å². The Morgan fingerprint density at radius 2 is 2.00 bits per heavy atom. The number of rotatable bonds is 3. The third-order valence-corrected chi connectivity index (χ3v) is 6.22. The molecule has 20 heavy (non-hydrogen) atoms. The van der Waals surface area contributed by atoms with E-state index in [1.807, 2.05) is 13.0 Å². The topological polar surface area (TPSA) is 75.8 Å². The highest BCUT2D eigenvalue weighted by Crippen LogP contribution is 2.18. The maximum atomic E-state index is 11.5. The predicted molar refractivity (Wildman–Crippen MR) is 73.4 cm³/mol. The molecule has 2 aliphatic rings. The van der Waals surface area contributed by atoms with E-state index in [1.165, 1.54) is 0 Å². The summed E-state index contributed by atoms with van der Waals surface area (Å²) in [6.07, 6.45) is 3.51. The van der Waals surface area contributed by atoms with Crippen molar-refractivity contribution in [2.45, 2.75) is 26.7 Å². The van der Waals surface area contributed by atoms with Gasteiger partial charge in [-0.15, -0.1) is 0 Å². The summed E-state index contributed by atoms with van der Waals surface area (Å²) in [4.78, 5) is 29.4. The summed E-state index contributed by atoms with van der Waals surface area (Å²) in [7, 11) is 0. The van der Waals surface area contributed by atoms with Gasteiger partial charge in [0, 0.05) is 32.0 Å². The zero-order valence-corrected chi connectivity index (χ0v) is 13.9. The summed E-state index contributed by atoms with van der Waals surface area (Å²) in [5.41, 5.74) is 6.15. The number of carbonyl (C=O) groups excluding carboxylic acids is 2. The highest BCUT2D eigenvalue weighted by Gasteiger charge is 2.29. The van der Waals surface area contributed by atoms with Crippen LogP contribution in [-0.4, -0.2) is 35.5 Å². The van der Waals surface area contributed by atoms with Crippen LogP contribution in [0.3, 0.4) is 0 Å². The van der Waals surface area contributed by atoms with Gasteiger partial charge in [0.25, 0.3) is 3.58 Å². The van der Waals surface area contributed by atoms with Gasteiger partial charge in [0.1, 0.15) is 11.5 Å². The number of hydrogen-bond donors (Lipinski definition) is 1. The molecule has 2 heterocycles. The first-order chi connectivity index (χ1) is 9.49. The van der Waals surface area contributed by atoms with Gasteiger partial charge in [-0.1, -0.05) is 0 Å². The molecule has 1 fully saturated rings. The van der Waals surface area contributed by atoms with Gasteiger partial charge in [-0.05, 0) is 19.8 Å². The number of hydrogen-bond acceptors (Lipinski definition) is 3. The van der Waals surface area contributed by atoms with Gasteiger partial charge in [0.15, 0.2) is 4.08 Å². The third-order valence-electron chi connectivity index (χ3n) is 3.56. The second-order valence-electron chi connectivity index (χ2n) is 4.98. The van der Waals surface area contributed by atoms with Gasteiger partial charge in [-0.3, -0.25) is 9.59 Å². The molecule has 2 N–H and O–H groups in total. The van der Waals surface area contributed by atoms with Crippen molar-refractivity contribution < 1.29 is 30.8 Å². The number of aliphatic imine (C=N–C) groups is 1. The lowest BCUT2D eigenvalue weighted by Gasteiger charge is -2.31. The summed E-state index contributed by atoms with van der Waals surface area (Å²) in [6, 6.07) is 0. The number of nitrogens with two attached hydrogens (primary N) is 1. The molecule has 0 aromatic rings. The number of amides is 1. The van der Waals surface area contributed by atoms with Crippen molar-refractivity contribution >= 4 is 17.5 Å². The van der Waals surface area contributed by atoms with Crippen molar-refractivity contribution in [1.29, 1.82) is 0 Å². The molecule has 6 heteroatoms. The Labute approximate surface area is 129 Å². The minimum absolute atomic E-state index is 0.0108. The van der Waals surface area contributed by atoms with E-state index in [9.17, 15) is 9.59 Å². The van der Waals surface area contributed by atoms with Gasteiger partial charge >= 0.3 is 21.2 Å². The number of Topliss-reactive ketones (excluding diaryl/α,β-unsaturated/α-hetero) is 1. The average molecular weight is 388 g/mol. The van der Waals surface area contributed by atoms with Crippen LogP contribution in [0, 0.1) is 5.92 Å². The molecule has 1 amide bonds. The lowest BCUT2D eigenvalue weighted by Crippen LogP contribution is -3.58. The standard InChI is InChI=1S/C14H18IN3O2/c1-9(19)13-12(3-6-15-13)17-10(2)18-7-4-11(5-8-18)14(16)20/h3,6,11H,4-5,7-8H2,1-2H3,(H-,16,20)/p+1. The van der Waals surface area contributed by atoms with Crippen LogP contribution < -0.4 is 26.9 Å². The Kier molecular flexibility index (Phi) is 4.95. The molecule has 0 bridgehead atoms. The molecule has 2 rings (SSSR count). The van der Waals surface area contributed by atoms with E-state index in [-0.39, 0.29) is 38.8 Å². The van der Waals surface area contributed by atoms with Gasteiger partial charge in [-0.2, -0.15) is 0 Å². The molecular weight excluding hydrogens is 369 g/mol. The number of ketones is 1. The van der Waals surface area contributed by atoms with Crippen molar-refractivity contribution in [3.63, 3.8) is 0 Å². The fourth-order valence-corrected chi connectivity index (χ4v) is 4.30. The lowest BCUT2D eigenvalue weighted by molar-refractivity contribution is -0.524. The molecule has 0 aromatic heterocycles. The first-order valence-corrected chi connectivity index (χ1v) is 8.96. The summed E-state index contributed by atoms with van der Waals surface area (Å²) in [5.74, 6) is 0.826. The zero-order valence-electron chi connectivity index (χ0n) is 11.7. The molecule has 0 atom stereocenters. The SMILES string of the molecule is CC(=O)C1=C(N=C(C)N2CCC(C(N)=O)CC2)C=C[I+]1. The first kappa shape index (κ1) is 15.2. The van der Waals surface area contributed by atoms with Crippen molar-refractivity contribution in [2.24, 2.45) is 16.6 Å². The normalized spacial score (nSPS) is 20.7. The number of primary amides is 1. The molecule has 0 radical (unpaired) electrons. The Morgan fingerprint density at radius 3 is 2.55 bits per heavy atom. The summed E-state index contributed by atoms with van der Waals surface area (Å²) < 4.78 is 2.95. The minimum atomic E-state index is -0.308. The summed E-state index contributed by atoms with van der Waals surface area (Å²) in [6.45, 7) is 5.15. The van der Waals surface area contributed by atoms with Crippen LogP contribution in [-0.2, 0) is 9.59 Å². The Balaban J connectivity index is 2.05. The minimum Gasteiger partial charge on any atom is -0.369 e. The molecule has 108 valence electrons. The smallest absolute Gasteiger partial charge is 0.355 e. The highest BCUT2D eigenvalue weighted by molar-refractivity contribution is 5.93. The van der Waals surface area contributed by atoms with Gasteiger partial charge in [0.05, 0.1) is 0 Å². The van der Waals surface area contributed by atoms with Crippen LogP contribution >= 0.6 is 0 Å². The highest BCUT2D eigenvalue weighted by atomic mass is 127. The van der Waals surface area contributed by atoms with E-state index >= 15 is 0 Å². The number of piperidine rings is 1. The Morgan fingerprint density at radius 1 is 1.35 bits per heavy atom. The van der Waals surface area contributed by atoms with Crippen LogP contribution in [0.2, 0.25) is 0 Å². The monoisotopic (exact) mass is 388 g/mol. The van der Waals surface area contributed by atoms with E-state index in [1.54, 1.807) is 6.92 Å². The average Bonchev–Trinajstić information content (AvgIpc) is 2.87. The maximum absolute atomic E-state index is 11.5. The van der Waals surface area contributed by atoms with Crippen molar-refractivity contribution in [3.8, 4) is 0 Å². The number of halogens is 1. The molecule has 1 saturated heterocycles. The van der Waals surface area contributed by atoms with Gasteiger partial charge < -0.3 is 10.6 Å². The fraction of sp³-hybridized carbons (Fsp3) is 0.500. The van der Waals surface area contributed by atoms with E-state index < -0.39 is 0 Å². The van der Waals surface area contributed by atoms with E-state index in [0.29, 0.717) is 0 Å². The Hall–Kier alpha value is -1.18. The number of carbonyl (C=O) groups is 2. The molecule has 5 nitrogen and oxygen atoms in total. The molecule has 0 unspecified atom stereocenters. The predicted octanol–water partition coefficient (Wildman–Crippen LogP) is -1.98. The molecular formula is C14H19IN3O2+. The third kappa shape index (κ3) is 3.47. The van der Waals surface area contributed by atoms with Gasteiger partial charge in [0.2, 0.25) is 11.7 Å². The lowest BCUT2D eigenvalue weighted by atomic mass is 9.96. The summed E-state index contributed by atoms with van der Waals surface area (Å²) in [5, 5.41) is 0. The van der Waals surface area contributed by atoms with Crippen LogP contribution in [0.15, 0.2) is 24.4 Å². The number of amidine groups is 1. The quantitative estimate of drug-likeness (QED) is 0.346. The van der Waals surface area contributed by atoms with Crippen molar-refractivity contribution in [3.05, 3.63) is 19.4 Å². The van der Waals surface area contributed by atoms with Crippen LogP contribution in [0.5, 0.6) is 0 Å². The number of nitrogens with zero attached hydrogens (tertiary/aromatic N) is 2. The van der Waals surface area contributed by atoms with E-state index in [0.717, 1.165) is 41.0 Å². The summed E-state index contributed by atoms with van der Waals surface area (Å²) >= 11 is -0.308. The van der Waals surface area contributed by atoms with Crippen molar-refractivity contribution in [2.75, 3.05) is 13.1 Å². The second-order valence-corrected chi connectivity index (χ2v) is 7.40. The first-order valence-electron chi connectivity index (χ1n) is 6.63. The zero-order chi connectivity index (χ0) is 14.7. The van der Waals surface area contributed by atoms with Crippen LogP contribution in [0.25, 0.3) is 0 Å². The fourth-order valence-electron chi connectivity index (χ4n) is 2.36. The molecule has 0 saturated carbocycles. The molecule has 0 spiro atoms. The van der Waals surface area contributed by atoms with Gasteiger partial charge in [-0.25, -0.2) is 4.99 Å². The molecule has 0 aromatic carbocycles.